The number of para-hydroxylation sites is 1. The molecule has 156 valence electrons. The second kappa shape index (κ2) is 8.61. The maximum atomic E-state index is 11.4. The molecule has 0 aliphatic carbocycles. The average molecular weight is 399 g/mol. The van der Waals surface area contributed by atoms with E-state index in [1.54, 1.807) is 7.11 Å². The number of benzene rings is 2. The zero-order chi connectivity index (χ0) is 20.3. The molecule has 0 amide bonds. The summed E-state index contributed by atoms with van der Waals surface area (Å²) in [4.78, 5) is 2.11. The zero-order valence-corrected chi connectivity index (χ0v) is 16.8. The summed E-state index contributed by atoms with van der Waals surface area (Å²) in [5, 5.41) is 22.2. The fourth-order valence-electron chi connectivity index (χ4n) is 4.27. The smallest absolute Gasteiger partial charge is 0.161 e. The summed E-state index contributed by atoms with van der Waals surface area (Å²) in [5.74, 6) is 2.10. The van der Waals surface area contributed by atoms with Gasteiger partial charge >= 0.3 is 0 Å². The molecule has 0 saturated carbocycles. The van der Waals surface area contributed by atoms with Gasteiger partial charge in [-0.2, -0.15) is 0 Å². The largest absolute Gasteiger partial charge is 0.496 e. The van der Waals surface area contributed by atoms with E-state index in [1.807, 2.05) is 42.5 Å². The van der Waals surface area contributed by atoms with Crippen LogP contribution in [-0.2, 0) is 5.60 Å². The van der Waals surface area contributed by atoms with E-state index in [0.717, 1.165) is 36.3 Å². The summed E-state index contributed by atoms with van der Waals surface area (Å²) in [5.41, 5.74) is 0.605. The predicted octanol–water partition coefficient (Wildman–Crippen LogP) is 2.87. The van der Waals surface area contributed by atoms with Crippen molar-refractivity contribution in [3.05, 3.63) is 53.6 Å². The number of aliphatic hydroxyl groups excluding tert-OH is 1. The summed E-state index contributed by atoms with van der Waals surface area (Å²) >= 11 is 0. The normalized spacial score (nSPS) is 23.3. The van der Waals surface area contributed by atoms with Crippen molar-refractivity contribution < 1.29 is 24.4 Å². The van der Waals surface area contributed by atoms with E-state index in [1.165, 1.54) is 0 Å². The first-order valence-corrected chi connectivity index (χ1v) is 10.2. The molecule has 1 saturated heterocycles. The molecule has 2 aromatic rings. The van der Waals surface area contributed by atoms with Gasteiger partial charge in [-0.3, -0.25) is 4.90 Å². The summed E-state index contributed by atoms with van der Waals surface area (Å²) in [6.07, 6.45) is 1.70. The number of ether oxygens (including phenoxy) is 3. The number of piperidine rings is 1. The number of fused-ring (bicyclic) bond motifs is 1. The SMILES string of the molecule is COc1ccccc1[C@@]1(O)CCCN(C[C@H](O)c2ccc3c(c2)OCCCO3)C1. The van der Waals surface area contributed by atoms with Gasteiger partial charge in [0, 0.05) is 25.1 Å². The minimum atomic E-state index is -0.991. The van der Waals surface area contributed by atoms with E-state index in [0.29, 0.717) is 44.2 Å². The molecule has 0 unspecified atom stereocenters. The first kappa shape index (κ1) is 20.0. The fourth-order valence-corrected chi connectivity index (χ4v) is 4.27. The van der Waals surface area contributed by atoms with E-state index in [2.05, 4.69) is 4.90 Å². The van der Waals surface area contributed by atoms with Crippen LogP contribution in [0.15, 0.2) is 42.5 Å². The first-order valence-electron chi connectivity index (χ1n) is 10.2. The molecule has 2 atom stereocenters. The molecular weight excluding hydrogens is 370 g/mol. The number of hydrogen-bond donors (Lipinski definition) is 2. The molecule has 0 aromatic heterocycles. The molecule has 2 heterocycles. The van der Waals surface area contributed by atoms with Crippen molar-refractivity contribution in [2.24, 2.45) is 0 Å². The van der Waals surface area contributed by atoms with E-state index < -0.39 is 11.7 Å². The molecule has 2 aliphatic heterocycles. The number of hydrogen-bond acceptors (Lipinski definition) is 6. The van der Waals surface area contributed by atoms with Gasteiger partial charge in [-0.25, -0.2) is 0 Å². The molecule has 6 heteroatoms. The Kier molecular flexibility index (Phi) is 5.94. The Morgan fingerprint density at radius 2 is 1.90 bits per heavy atom. The van der Waals surface area contributed by atoms with Crippen molar-refractivity contribution in [2.75, 3.05) is 40.0 Å². The van der Waals surface area contributed by atoms with Crippen molar-refractivity contribution in [3.63, 3.8) is 0 Å². The molecule has 2 aromatic carbocycles. The number of β-amino-alcohol motifs (C(OH)–C–C–N with tert-alkyl or cyclic N) is 2. The number of likely N-dealkylation sites (tertiary alicyclic amines) is 1. The van der Waals surface area contributed by atoms with Crippen molar-refractivity contribution in [1.82, 2.24) is 4.90 Å². The van der Waals surface area contributed by atoms with Crippen LogP contribution in [0.4, 0.5) is 0 Å². The quantitative estimate of drug-likeness (QED) is 0.806. The highest BCUT2D eigenvalue weighted by Crippen LogP contribution is 2.38. The maximum Gasteiger partial charge on any atom is 0.161 e. The summed E-state index contributed by atoms with van der Waals surface area (Å²) < 4.78 is 16.9. The lowest BCUT2D eigenvalue weighted by Gasteiger charge is -2.40. The van der Waals surface area contributed by atoms with Crippen LogP contribution in [0.25, 0.3) is 0 Å². The van der Waals surface area contributed by atoms with Gasteiger partial charge in [-0.15, -0.1) is 0 Å². The highest BCUT2D eigenvalue weighted by atomic mass is 16.5. The number of methoxy groups -OCH3 is 1. The number of aliphatic hydroxyl groups is 2. The minimum absolute atomic E-state index is 0.442. The first-order chi connectivity index (χ1) is 14.1. The van der Waals surface area contributed by atoms with E-state index in [-0.39, 0.29) is 0 Å². The van der Waals surface area contributed by atoms with Gasteiger partial charge in [0.2, 0.25) is 0 Å². The molecule has 29 heavy (non-hydrogen) atoms. The van der Waals surface area contributed by atoms with E-state index in [4.69, 9.17) is 14.2 Å². The van der Waals surface area contributed by atoms with Crippen LogP contribution >= 0.6 is 0 Å². The second-order valence-corrected chi connectivity index (χ2v) is 7.84. The molecular formula is C23H29NO5. The third-order valence-corrected chi connectivity index (χ3v) is 5.75. The van der Waals surface area contributed by atoms with Crippen LogP contribution in [-0.4, -0.2) is 55.1 Å². The van der Waals surface area contributed by atoms with Crippen molar-refractivity contribution in [3.8, 4) is 17.2 Å². The van der Waals surface area contributed by atoms with E-state index in [9.17, 15) is 10.2 Å². The van der Waals surface area contributed by atoms with Gasteiger partial charge in [0.15, 0.2) is 11.5 Å². The molecule has 2 aliphatic rings. The van der Waals surface area contributed by atoms with Crippen LogP contribution in [0, 0.1) is 0 Å². The fraction of sp³-hybridized carbons (Fsp3) is 0.478. The Morgan fingerprint density at radius 3 is 2.72 bits per heavy atom. The van der Waals surface area contributed by atoms with Crippen molar-refractivity contribution >= 4 is 0 Å². The number of nitrogens with zero attached hydrogens (tertiary/aromatic N) is 1. The van der Waals surface area contributed by atoms with Crippen LogP contribution in [0.2, 0.25) is 0 Å². The Labute approximate surface area is 171 Å². The monoisotopic (exact) mass is 399 g/mol. The molecule has 0 spiro atoms. The third kappa shape index (κ3) is 4.34. The van der Waals surface area contributed by atoms with Crippen LogP contribution in [0.1, 0.15) is 36.5 Å². The average Bonchev–Trinajstić information content (AvgIpc) is 2.98. The van der Waals surface area contributed by atoms with Gasteiger partial charge in [0.05, 0.1) is 26.4 Å². The molecule has 0 bridgehead atoms. The minimum Gasteiger partial charge on any atom is -0.496 e. The van der Waals surface area contributed by atoms with Crippen LogP contribution < -0.4 is 14.2 Å². The number of rotatable bonds is 5. The van der Waals surface area contributed by atoms with Gasteiger partial charge in [-0.05, 0) is 43.1 Å². The Balaban J connectivity index is 1.47. The van der Waals surface area contributed by atoms with Gasteiger partial charge < -0.3 is 24.4 Å². The molecule has 0 radical (unpaired) electrons. The maximum absolute atomic E-state index is 11.4. The molecule has 6 nitrogen and oxygen atoms in total. The van der Waals surface area contributed by atoms with Gasteiger partial charge in [-0.1, -0.05) is 24.3 Å². The lowest BCUT2D eigenvalue weighted by Crippen LogP contribution is -2.47. The topological polar surface area (TPSA) is 71.4 Å². The highest BCUT2D eigenvalue weighted by Gasteiger charge is 2.37. The predicted molar refractivity (Wildman–Crippen MR) is 110 cm³/mol. The molecule has 4 rings (SSSR count). The third-order valence-electron chi connectivity index (χ3n) is 5.75. The van der Waals surface area contributed by atoms with E-state index >= 15 is 0 Å². The van der Waals surface area contributed by atoms with Crippen LogP contribution in [0.5, 0.6) is 17.2 Å². The Bertz CT molecular complexity index is 842. The van der Waals surface area contributed by atoms with Crippen LogP contribution in [0.3, 0.4) is 0 Å². The van der Waals surface area contributed by atoms with Crippen molar-refractivity contribution in [2.45, 2.75) is 31.0 Å². The second-order valence-electron chi connectivity index (χ2n) is 7.84. The summed E-state index contributed by atoms with van der Waals surface area (Å²) in [6, 6.07) is 13.2. The van der Waals surface area contributed by atoms with Gasteiger partial charge in [0.25, 0.3) is 0 Å². The Hall–Kier alpha value is -2.28. The summed E-state index contributed by atoms with van der Waals surface area (Å²) in [6.45, 7) is 2.99. The molecule has 1 fully saturated rings. The van der Waals surface area contributed by atoms with Crippen molar-refractivity contribution in [1.29, 1.82) is 0 Å². The standard InChI is InChI=1S/C23H29NO5/c1-27-20-7-3-2-6-18(20)23(26)10-4-11-24(16-23)15-19(25)17-8-9-21-22(14-17)29-13-5-12-28-21/h2-3,6-9,14,19,25-26H,4-5,10-13,15-16H2,1H3/t19-,23+/m0/s1. The molecule has 2 N–H and O–H groups in total. The lowest BCUT2D eigenvalue weighted by atomic mass is 9.85. The lowest BCUT2D eigenvalue weighted by molar-refractivity contribution is -0.0474. The van der Waals surface area contributed by atoms with Gasteiger partial charge in [0.1, 0.15) is 11.4 Å². The summed E-state index contributed by atoms with van der Waals surface area (Å²) in [7, 11) is 1.62. The zero-order valence-electron chi connectivity index (χ0n) is 16.8. The Morgan fingerprint density at radius 1 is 1.10 bits per heavy atom. The highest BCUT2D eigenvalue weighted by molar-refractivity contribution is 5.44.